The van der Waals surface area contributed by atoms with Crippen LogP contribution in [0.3, 0.4) is 0 Å². The van der Waals surface area contributed by atoms with Crippen LogP contribution in [0.25, 0.3) is 0 Å². The monoisotopic (exact) mass is 418 g/mol. The molecule has 6 amide bonds. The van der Waals surface area contributed by atoms with E-state index in [1.165, 1.54) is 0 Å². The Balaban J connectivity index is 1.87. The maximum Gasteiger partial charge on any atom is 0.325 e. The Morgan fingerprint density at radius 3 is 2.47 bits per heavy atom. The molecule has 9 heteroatoms. The molecule has 9 nitrogen and oxygen atoms in total. The van der Waals surface area contributed by atoms with Crippen LogP contribution >= 0.6 is 0 Å². The summed E-state index contributed by atoms with van der Waals surface area (Å²) in [6.07, 6.45) is 1.71. The van der Waals surface area contributed by atoms with E-state index in [2.05, 4.69) is 16.0 Å². The number of hydrogen-bond acceptors (Lipinski definition) is 5. The molecule has 0 spiro atoms. The summed E-state index contributed by atoms with van der Waals surface area (Å²) in [5.41, 5.74) is -0.120. The minimum atomic E-state index is -1.11. The molecule has 1 fully saturated rings. The van der Waals surface area contributed by atoms with Gasteiger partial charge in [-0.3, -0.25) is 19.8 Å². The van der Waals surface area contributed by atoms with Crippen LogP contribution in [0.5, 0.6) is 5.75 Å². The van der Waals surface area contributed by atoms with Crippen molar-refractivity contribution in [1.29, 1.82) is 0 Å². The van der Waals surface area contributed by atoms with Crippen molar-refractivity contribution in [1.82, 2.24) is 20.9 Å². The molecule has 1 heterocycles. The third-order valence-electron chi connectivity index (χ3n) is 4.98. The first kappa shape index (κ1) is 23.2. The van der Waals surface area contributed by atoms with Gasteiger partial charge in [-0.1, -0.05) is 26.0 Å². The third-order valence-corrected chi connectivity index (χ3v) is 4.98. The maximum absolute atomic E-state index is 12.8. The molecule has 1 atom stereocenters. The number of methoxy groups -OCH3 is 1. The van der Waals surface area contributed by atoms with Crippen molar-refractivity contribution < 1.29 is 23.9 Å². The van der Waals surface area contributed by atoms with Crippen molar-refractivity contribution >= 4 is 23.9 Å². The highest BCUT2D eigenvalue weighted by molar-refractivity contribution is 6.09. The molecule has 0 aromatic heterocycles. The molecule has 2 rings (SSSR count). The summed E-state index contributed by atoms with van der Waals surface area (Å²) in [5.74, 6) is -0.0560. The van der Waals surface area contributed by atoms with Crippen molar-refractivity contribution in [3.63, 3.8) is 0 Å². The topological polar surface area (TPSA) is 117 Å². The highest BCUT2D eigenvalue weighted by Crippen LogP contribution is 2.24. The van der Waals surface area contributed by atoms with E-state index in [1.807, 2.05) is 38.1 Å². The Morgan fingerprint density at radius 2 is 1.87 bits per heavy atom. The summed E-state index contributed by atoms with van der Waals surface area (Å²) >= 11 is 0. The first-order valence-electron chi connectivity index (χ1n) is 9.99. The smallest absolute Gasteiger partial charge is 0.325 e. The van der Waals surface area contributed by atoms with E-state index in [-0.39, 0.29) is 0 Å². The van der Waals surface area contributed by atoms with Gasteiger partial charge in [0.15, 0.2) is 0 Å². The molecular formula is C21H30N4O5. The minimum Gasteiger partial charge on any atom is -0.497 e. The number of ether oxygens (including phenoxy) is 1. The zero-order valence-electron chi connectivity index (χ0n) is 17.9. The predicted molar refractivity (Wildman–Crippen MR) is 111 cm³/mol. The zero-order chi connectivity index (χ0) is 22.3. The number of hydrogen-bond donors (Lipinski definition) is 3. The van der Waals surface area contributed by atoms with E-state index >= 15 is 0 Å². The first-order valence-corrected chi connectivity index (χ1v) is 9.99. The van der Waals surface area contributed by atoms with Crippen molar-refractivity contribution in [2.24, 2.45) is 5.92 Å². The second-order valence-corrected chi connectivity index (χ2v) is 7.99. The van der Waals surface area contributed by atoms with Gasteiger partial charge in [0.25, 0.3) is 5.91 Å². The van der Waals surface area contributed by atoms with Crippen molar-refractivity contribution in [3.8, 4) is 5.75 Å². The van der Waals surface area contributed by atoms with E-state index in [1.54, 1.807) is 14.0 Å². The number of nitrogens with one attached hydrogen (secondary N) is 3. The molecule has 0 saturated carbocycles. The van der Waals surface area contributed by atoms with Gasteiger partial charge in [-0.2, -0.15) is 0 Å². The molecule has 1 aromatic carbocycles. The summed E-state index contributed by atoms with van der Waals surface area (Å²) in [5, 5.41) is 7.37. The number of carbonyl (C=O) groups excluding carboxylic acids is 4. The second-order valence-electron chi connectivity index (χ2n) is 7.99. The Labute approximate surface area is 176 Å². The quantitative estimate of drug-likeness (QED) is 0.529. The van der Waals surface area contributed by atoms with Crippen LogP contribution in [0.15, 0.2) is 24.3 Å². The number of rotatable bonds is 9. The fraction of sp³-hybridized carbons (Fsp3) is 0.524. The van der Waals surface area contributed by atoms with E-state index in [0.29, 0.717) is 25.3 Å². The predicted octanol–water partition coefficient (Wildman–Crippen LogP) is 1.81. The number of benzene rings is 1. The zero-order valence-corrected chi connectivity index (χ0v) is 17.9. The van der Waals surface area contributed by atoms with E-state index in [9.17, 15) is 19.2 Å². The van der Waals surface area contributed by atoms with Crippen molar-refractivity contribution in [2.45, 2.75) is 45.6 Å². The molecule has 1 aliphatic heterocycles. The molecule has 0 unspecified atom stereocenters. The summed E-state index contributed by atoms with van der Waals surface area (Å²) in [7, 11) is 1.59. The number of nitrogens with zero attached hydrogens (tertiary/aromatic N) is 1. The molecule has 164 valence electrons. The average molecular weight is 418 g/mol. The number of aryl methyl sites for hydroxylation is 1. The first-order chi connectivity index (χ1) is 14.1. The summed E-state index contributed by atoms with van der Waals surface area (Å²) < 4.78 is 5.12. The van der Waals surface area contributed by atoms with Gasteiger partial charge >= 0.3 is 12.1 Å². The molecule has 3 N–H and O–H groups in total. The molecule has 0 radical (unpaired) electrons. The van der Waals surface area contributed by atoms with Gasteiger partial charge in [-0.25, -0.2) is 9.59 Å². The van der Waals surface area contributed by atoms with E-state index < -0.39 is 36.0 Å². The normalized spacial score (nSPS) is 18.4. The summed E-state index contributed by atoms with van der Waals surface area (Å²) in [6.45, 7) is 5.60. The Bertz CT molecular complexity index is 793. The highest BCUT2D eigenvalue weighted by Gasteiger charge is 2.47. The number of amides is 6. The molecule has 1 aliphatic rings. The third kappa shape index (κ3) is 6.20. The molecule has 0 aliphatic carbocycles. The van der Waals surface area contributed by atoms with Crippen LogP contribution in [-0.4, -0.2) is 54.5 Å². The Hall–Kier alpha value is -3.10. The van der Waals surface area contributed by atoms with Crippen molar-refractivity contribution in [2.75, 3.05) is 20.2 Å². The average Bonchev–Trinajstić information content (AvgIpc) is 2.90. The molecule has 30 heavy (non-hydrogen) atoms. The maximum atomic E-state index is 12.8. The van der Waals surface area contributed by atoms with E-state index in [0.717, 1.165) is 22.6 Å². The van der Waals surface area contributed by atoms with Crippen LogP contribution in [0.1, 0.15) is 39.2 Å². The fourth-order valence-corrected chi connectivity index (χ4v) is 3.07. The highest BCUT2D eigenvalue weighted by atomic mass is 16.5. The van der Waals surface area contributed by atoms with Crippen LogP contribution in [0.4, 0.5) is 9.59 Å². The van der Waals surface area contributed by atoms with E-state index in [4.69, 9.17) is 4.74 Å². The molecular weight excluding hydrogens is 388 g/mol. The molecule has 1 saturated heterocycles. The molecule has 0 bridgehead atoms. The van der Waals surface area contributed by atoms with Crippen LogP contribution in [0.2, 0.25) is 0 Å². The lowest BCUT2D eigenvalue weighted by Crippen LogP contribution is -2.47. The Kier molecular flexibility index (Phi) is 7.79. The van der Waals surface area contributed by atoms with Gasteiger partial charge in [0.05, 0.1) is 7.11 Å². The van der Waals surface area contributed by atoms with Gasteiger partial charge in [-0.15, -0.1) is 0 Å². The van der Waals surface area contributed by atoms with Crippen LogP contribution in [0, 0.1) is 5.92 Å². The fourth-order valence-electron chi connectivity index (χ4n) is 3.07. The van der Waals surface area contributed by atoms with Crippen LogP contribution < -0.4 is 20.7 Å². The largest absolute Gasteiger partial charge is 0.497 e. The summed E-state index contributed by atoms with van der Waals surface area (Å²) in [4.78, 5) is 49.7. The lowest BCUT2D eigenvalue weighted by Gasteiger charge is -2.21. The summed E-state index contributed by atoms with van der Waals surface area (Å²) in [6, 6.07) is 6.16. The van der Waals surface area contributed by atoms with Crippen molar-refractivity contribution in [3.05, 3.63) is 29.8 Å². The number of imide groups is 2. The Morgan fingerprint density at radius 1 is 1.20 bits per heavy atom. The number of urea groups is 2. The van der Waals surface area contributed by atoms with Gasteiger partial charge in [0, 0.05) is 6.54 Å². The second kappa shape index (κ2) is 10.1. The standard InChI is InChI=1S/C21H30N4O5/c1-14(2)10-12-22-19(28)23-17(26)13-25-18(27)21(3,24-20(25)29)11-9-15-5-7-16(30-4)8-6-15/h5-8,14H,9-13H2,1-4H3,(H,24,29)(H2,22,23,26,28)/t21-/m0/s1. The minimum absolute atomic E-state index is 0.373. The van der Waals surface area contributed by atoms with Crippen LogP contribution in [-0.2, 0) is 16.0 Å². The van der Waals surface area contributed by atoms with Gasteiger partial charge in [-0.05, 0) is 49.8 Å². The van der Waals surface area contributed by atoms with Gasteiger partial charge in [0.1, 0.15) is 17.8 Å². The number of carbonyl (C=O) groups is 4. The SMILES string of the molecule is COc1ccc(CC[C@]2(C)NC(=O)N(CC(=O)NC(=O)NCCC(C)C)C2=O)cc1. The van der Waals surface area contributed by atoms with Gasteiger partial charge in [0.2, 0.25) is 5.91 Å². The molecule has 1 aromatic rings. The lowest BCUT2D eigenvalue weighted by molar-refractivity contribution is -0.134. The lowest BCUT2D eigenvalue weighted by atomic mass is 9.93. The van der Waals surface area contributed by atoms with Gasteiger partial charge < -0.3 is 15.4 Å².